The molecular formula is C10H17NO. The van der Waals surface area contributed by atoms with Gasteiger partial charge in [-0.2, -0.15) is 0 Å². The molecule has 1 aliphatic rings. The average molecular weight is 167 g/mol. The van der Waals surface area contributed by atoms with Gasteiger partial charge in [0.05, 0.1) is 0 Å². The molecule has 0 saturated carbocycles. The summed E-state index contributed by atoms with van der Waals surface area (Å²) in [5.41, 5.74) is 7.04. The van der Waals surface area contributed by atoms with Crippen molar-refractivity contribution in [2.24, 2.45) is 17.1 Å². The Morgan fingerprint density at radius 3 is 2.92 bits per heavy atom. The standard InChI is InChI=1S/C10H17NO/c1-10(2)4-3-8(7-12)5-9(10)6-11/h5,7-8H,3-4,6,11H2,1-2H3. The number of hydrogen-bond acceptors (Lipinski definition) is 2. The molecule has 1 atom stereocenters. The van der Waals surface area contributed by atoms with E-state index in [1.807, 2.05) is 6.08 Å². The second-order valence-electron chi connectivity index (χ2n) is 4.12. The summed E-state index contributed by atoms with van der Waals surface area (Å²) in [5, 5.41) is 0. The number of carbonyl (C=O) groups is 1. The molecule has 2 heteroatoms. The van der Waals surface area contributed by atoms with Crippen LogP contribution in [0.3, 0.4) is 0 Å². The molecule has 1 unspecified atom stereocenters. The van der Waals surface area contributed by atoms with Crippen LogP contribution in [0.15, 0.2) is 11.6 Å². The lowest BCUT2D eigenvalue weighted by Crippen LogP contribution is -2.27. The van der Waals surface area contributed by atoms with Crippen molar-refractivity contribution < 1.29 is 4.79 Å². The molecule has 1 rings (SSSR count). The Bertz CT molecular complexity index is 206. The van der Waals surface area contributed by atoms with Crippen molar-refractivity contribution in [3.8, 4) is 0 Å². The third-order valence-corrected chi connectivity index (χ3v) is 2.78. The van der Waals surface area contributed by atoms with E-state index in [9.17, 15) is 4.79 Å². The molecule has 0 aromatic carbocycles. The molecular weight excluding hydrogens is 150 g/mol. The monoisotopic (exact) mass is 167 g/mol. The average Bonchev–Trinajstić information content (AvgIpc) is 2.04. The van der Waals surface area contributed by atoms with Gasteiger partial charge in [-0.25, -0.2) is 0 Å². The number of hydrogen-bond donors (Lipinski definition) is 1. The first kappa shape index (κ1) is 9.46. The molecule has 0 aliphatic heterocycles. The summed E-state index contributed by atoms with van der Waals surface area (Å²) in [6, 6.07) is 0. The second kappa shape index (κ2) is 3.40. The van der Waals surface area contributed by atoms with Crippen molar-refractivity contribution >= 4 is 6.29 Å². The van der Waals surface area contributed by atoms with Gasteiger partial charge in [0.25, 0.3) is 0 Å². The van der Waals surface area contributed by atoms with Crippen molar-refractivity contribution in [3.63, 3.8) is 0 Å². The van der Waals surface area contributed by atoms with Crippen LogP contribution in [0.5, 0.6) is 0 Å². The molecule has 1 aliphatic carbocycles. The zero-order chi connectivity index (χ0) is 9.19. The highest BCUT2D eigenvalue weighted by molar-refractivity contribution is 5.57. The van der Waals surface area contributed by atoms with Crippen LogP contribution in [-0.4, -0.2) is 12.8 Å². The lowest BCUT2D eigenvalue weighted by molar-refractivity contribution is -0.110. The normalized spacial score (nSPS) is 27.9. The van der Waals surface area contributed by atoms with Gasteiger partial charge in [-0.05, 0) is 18.3 Å². The van der Waals surface area contributed by atoms with Crippen molar-refractivity contribution in [1.29, 1.82) is 0 Å². The highest BCUT2D eigenvalue weighted by Crippen LogP contribution is 2.37. The SMILES string of the molecule is CC1(C)CCC(C=O)C=C1CN. The van der Waals surface area contributed by atoms with Crippen molar-refractivity contribution in [1.82, 2.24) is 0 Å². The minimum absolute atomic E-state index is 0.108. The van der Waals surface area contributed by atoms with Gasteiger partial charge in [-0.1, -0.05) is 25.5 Å². The first-order valence-electron chi connectivity index (χ1n) is 4.46. The fourth-order valence-corrected chi connectivity index (χ4v) is 1.71. The van der Waals surface area contributed by atoms with Crippen molar-refractivity contribution in [2.75, 3.05) is 6.54 Å². The topological polar surface area (TPSA) is 43.1 Å². The lowest BCUT2D eigenvalue weighted by Gasteiger charge is -2.33. The van der Waals surface area contributed by atoms with Crippen LogP contribution in [0.2, 0.25) is 0 Å². The molecule has 12 heavy (non-hydrogen) atoms. The Hall–Kier alpha value is -0.630. The van der Waals surface area contributed by atoms with E-state index in [0.717, 1.165) is 19.1 Å². The Balaban J connectivity index is 2.84. The predicted octanol–water partition coefficient (Wildman–Crippen LogP) is 1.51. The van der Waals surface area contributed by atoms with Gasteiger partial charge < -0.3 is 10.5 Å². The molecule has 0 heterocycles. The number of carbonyl (C=O) groups excluding carboxylic acids is 1. The minimum atomic E-state index is 0.108. The number of allylic oxidation sites excluding steroid dienone is 1. The summed E-state index contributed by atoms with van der Waals surface area (Å²) in [5.74, 6) is 0.108. The van der Waals surface area contributed by atoms with Crippen molar-refractivity contribution in [2.45, 2.75) is 26.7 Å². The minimum Gasteiger partial charge on any atom is -0.327 e. The maximum Gasteiger partial charge on any atom is 0.126 e. The third-order valence-electron chi connectivity index (χ3n) is 2.78. The fourth-order valence-electron chi connectivity index (χ4n) is 1.71. The molecule has 2 nitrogen and oxygen atoms in total. The molecule has 0 radical (unpaired) electrons. The number of aldehydes is 1. The van der Waals surface area contributed by atoms with Crippen LogP contribution in [0.1, 0.15) is 26.7 Å². The first-order valence-corrected chi connectivity index (χ1v) is 4.46. The van der Waals surface area contributed by atoms with Crippen LogP contribution in [-0.2, 0) is 4.79 Å². The summed E-state index contributed by atoms with van der Waals surface area (Å²) >= 11 is 0. The Labute approximate surface area is 73.8 Å². The number of nitrogens with two attached hydrogens (primary N) is 1. The second-order valence-corrected chi connectivity index (χ2v) is 4.12. The molecule has 0 saturated heterocycles. The van der Waals surface area contributed by atoms with Gasteiger partial charge in [0.15, 0.2) is 0 Å². The molecule has 0 spiro atoms. The van der Waals surface area contributed by atoms with Crippen molar-refractivity contribution in [3.05, 3.63) is 11.6 Å². The Kier molecular flexibility index (Phi) is 2.68. The third kappa shape index (κ3) is 1.75. The Morgan fingerprint density at radius 1 is 1.75 bits per heavy atom. The Morgan fingerprint density at radius 2 is 2.42 bits per heavy atom. The van der Waals surface area contributed by atoms with E-state index < -0.39 is 0 Å². The largest absolute Gasteiger partial charge is 0.327 e. The zero-order valence-corrected chi connectivity index (χ0v) is 7.84. The summed E-state index contributed by atoms with van der Waals surface area (Å²) in [7, 11) is 0. The molecule has 0 amide bonds. The highest BCUT2D eigenvalue weighted by Gasteiger charge is 2.27. The summed E-state index contributed by atoms with van der Waals surface area (Å²) in [6.45, 7) is 4.96. The van der Waals surface area contributed by atoms with Crippen LogP contribution in [0, 0.1) is 11.3 Å². The predicted molar refractivity (Wildman–Crippen MR) is 49.7 cm³/mol. The fraction of sp³-hybridized carbons (Fsp3) is 0.700. The van der Waals surface area contributed by atoms with E-state index >= 15 is 0 Å². The molecule has 0 fully saturated rings. The molecule has 68 valence electrons. The van der Waals surface area contributed by atoms with E-state index in [2.05, 4.69) is 13.8 Å². The number of rotatable bonds is 2. The zero-order valence-electron chi connectivity index (χ0n) is 7.84. The van der Waals surface area contributed by atoms with E-state index in [0.29, 0.717) is 6.54 Å². The van der Waals surface area contributed by atoms with E-state index in [1.165, 1.54) is 5.57 Å². The van der Waals surface area contributed by atoms with Crippen LogP contribution in [0.25, 0.3) is 0 Å². The van der Waals surface area contributed by atoms with Gasteiger partial charge in [0.2, 0.25) is 0 Å². The van der Waals surface area contributed by atoms with Gasteiger partial charge in [0, 0.05) is 12.5 Å². The summed E-state index contributed by atoms with van der Waals surface area (Å²) < 4.78 is 0. The summed E-state index contributed by atoms with van der Waals surface area (Å²) in [4.78, 5) is 10.5. The molecule has 0 aromatic heterocycles. The maximum atomic E-state index is 10.5. The first-order chi connectivity index (χ1) is 5.60. The van der Waals surface area contributed by atoms with E-state index in [1.54, 1.807) is 0 Å². The smallest absolute Gasteiger partial charge is 0.126 e. The highest BCUT2D eigenvalue weighted by atomic mass is 16.1. The van der Waals surface area contributed by atoms with Crippen LogP contribution < -0.4 is 5.73 Å². The molecule has 0 aromatic rings. The summed E-state index contributed by atoms with van der Waals surface area (Å²) in [6.07, 6.45) is 5.10. The van der Waals surface area contributed by atoms with E-state index in [-0.39, 0.29) is 11.3 Å². The molecule has 0 bridgehead atoms. The van der Waals surface area contributed by atoms with E-state index in [4.69, 9.17) is 5.73 Å². The van der Waals surface area contributed by atoms with Gasteiger partial charge >= 0.3 is 0 Å². The lowest BCUT2D eigenvalue weighted by atomic mass is 9.73. The van der Waals surface area contributed by atoms with Gasteiger partial charge in [-0.3, -0.25) is 0 Å². The van der Waals surface area contributed by atoms with Crippen LogP contribution >= 0.6 is 0 Å². The van der Waals surface area contributed by atoms with Gasteiger partial charge in [0.1, 0.15) is 6.29 Å². The quantitative estimate of drug-likeness (QED) is 0.500. The maximum absolute atomic E-state index is 10.5. The van der Waals surface area contributed by atoms with Gasteiger partial charge in [-0.15, -0.1) is 0 Å². The van der Waals surface area contributed by atoms with Crippen LogP contribution in [0.4, 0.5) is 0 Å². The molecule has 2 N–H and O–H groups in total.